The largest absolute Gasteiger partial charge is 0.485 e. The maximum Gasteiger partial charge on any atom is 0.347 e. The number of ether oxygens (including phenoxy) is 1. The van der Waals surface area contributed by atoms with Crippen molar-refractivity contribution in [1.82, 2.24) is 0 Å². The molecule has 1 aliphatic carbocycles. The van der Waals surface area contributed by atoms with E-state index in [2.05, 4.69) is 31.9 Å². The van der Waals surface area contributed by atoms with Crippen LogP contribution in [0.5, 0.6) is 0 Å². The molecule has 174 valence electrons. The van der Waals surface area contributed by atoms with E-state index in [9.17, 15) is 14.4 Å². The Balaban J connectivity index is 1.63. The average Bonchev–Trinajstić information content (AvgIpc) is 3.12. The van der Waals surface area contributed by atoms with Gasteiger partial charge in [-0.05, 0) is 57.2 Å². The maximum atomic E-state index is 13.8. The van der Waals surface area contributed by atoms with Crippen molar-refractivity contribution >= 4 is 66.0 Å². The lowest BCUT2D eigenvalue weighted by molar-refractivity contribution is -0.118. The van der Waals surface area contributed by atoms with Gasteiger partial charge in [-0.25, -0.2) is 4.79 Å². The molecule has 0 N–H and O–H groups in total. The lowest BCUT2D eigenvalue weighted by atomic mass is 9.72. The maximum absolute atomic E-state index is 13.8. The zero-order chi connectivity index (χ0) is 24.4. The lowest BCUT2D eigenvalue weighted by Crippen LogP contribution is -2.32. The van der Waals surface area contributed by atoms with Gasteiger partial charge in [-0.3, -0.25) is 9.59 Å². The van der Waals surface area contributed by atoms with Gasteiger partial charge in [0.25, 0.3) is 0 Å². The van der Waals surface area contributed by atoms with E-state index < -0.39 is 23.4 Å². The number of carbonyl (C=O) groups excluding carboxylic acids is 2. The first-order valence-electron chi connectivity index (χ1n) is 10.7. The van der Waals surface area contributed by atoms with Gasteiger partial charge in [-0.15, -0.1) is 0 Å². The zero-order valence-corrected chi connectivity index (χ0v) is 22.2. The van der Waals surface area contributed by atoms with Gasteiger partial charge in [0.1, 0.15) is 11.3 Å². The summed E-state index contributed by atoms with van der Waals surface area (Å²) in [6, 6.07) is 12.1. The number of ketones is 2. The van der Waals surface area contributed by atoms with Crippen LogP contribution in [-0.4, -0.2) is 17.7 Å². The normalized spacial score (nSPS) is 21.5. The van der Waals surface area contributed by atoms with E-state index in [0.717, 1.165) is 10.0 Å². The number of carbonyl (C=O) groups is 2. The minimum Gasteiger partial charge on any atom is -0.485 e. The monoisotopic (exact) mass is 604 g/mol. The molecular formula is C26H19Br2ClO5. The second-order valence-corrected chi connectivity index (χ2v) is 11.7. The van der Waals surface area contributed by atoms with Gasteiger partial charge in [0.05, 0.1) is 10.4 Å². The van der Waals surface area contributed by atoms with Gasteiger partial charge >= 0.3 is 5.63 Å². The van der Waals surface area contributed by atoms with Crippen LogP contribution in [0.3, 0.4) is 0 Å². The standard InChI is InChI=1S/C26H19Br2ClO5/c1-26(2)10-18(30)21-19(11-26)33-24(20(21)12-3-5-15(29)6-4-12)22(31)16-8-13-7-14(27)9-17(28)23(13)34-25(16)32/h3-9,20,24H,10-11H2,1-2H3/t20-,24-/m0/s1. The Labute approximate surface area is 217 Å². The van der Waals surface area contributed by atoms with Gasteiger partial charge in [-0.1, -0.05) is 53.5 Å². The Morgan fingerprint density at radius 1 is 1.06 bits per heavy atom. The van der Waals surface area contributed by atoms with Crippen molar-refractivity contribution in [3.63, 3.8) is 0 Å². The van der Waals surface area contributed by atoms with Gasteiger partial charge in [0.2, 0.25) is 5.78 Å². The molecule has 8 heteroatoms. The Morgan fingerprint density at radius 2 is 1.76 bits per heavy atom. The summed E-state index contributed by atoms with van der Waals surface area (Å²) in [5, 5.41) is 1.13. The molecule has 2 heterocycles. The van der Waals surface area contributed by atoms with E-state index in [0.29, 0.717) is 44.6 Å². The first-order chi connectivity index (χ1) is 16.0. The minimum absolute atomic E-state index is 0.0418. The molecule has 0 radical (unpaired) electrons. The van der Waals surface area contributed by atoms with Crippen molar-refractivity contribution in [2.24, 2.45) is 5.41 Å². The van der Waals surface area contributed by atoms with E-state index in [1.54, 1.807) is 36.4 Å². The smallest absolute Gasteiger partial charge is 0.347 e. The predicted molar refractivity (Wildman–Crippen MR) is 136 cm³/mol. The van der Waals surface area contributed by atoms with Crippen LogP contribution in [-0.2, 0) is 9.53 Å². The molecular weight excluding hydrogens is 588 g/mol. The number of hydrogen-bond acceptors (Lipinski definition) is 5. The van der Waals surface area contributed by atoms with Crippen LogP contribution in [0.4, 0.5) is 0 Å². The van der Waals surface area contributed by atoms with Crippen molar-refractivity contribution in [1.29, 1.82) is 0 Å². The van der Waals surface area contributed by atoms with E-state index >= 15 is 0 Å². The van der Waals surface area contributed by atoms with Gasteiger partial charge in [0, 0.05) is 33.3 Å². The Kier molecular flexibility index (Phi) is 5.86. The minimum atomic E-state index is -1.06. The summed E-state index contributed by atoms with van der Waals surface area (Å²) in [5.74, 6) is -0.672. The van der Waals surface area contributed by atoms with Gasteiger partial charge in [0.15, 0.2) is 17.5 Å². The van der Waals surface area contributed by atoms with Crippen molar-refractivity contribution in [3.05, 3.63) is 89.3 Å². The molecule has 0 bridgehead atoms. The van der Waals surface area contributed by atoms with Crippen LogP contribution in [0.25, 0.3) is 11.0 Å². The topological polar surface area (TPSA) is 73.6 Å². The van der Waals surface area contributed by atoms with Crippen molar-refractivity contribution < 1.29 is 18.7 Å². The summed E-state index contributed by atoms with van der Waals surface area (Å²) in [5.41, 5.74) is 0.440. The molecule has 0 fully saturated rings. The highest BCUT2D eigenvalue weighted by Gasteiger charge is 2.49. The highest BCUT2D eigenvalue weighted by Crippen LogP contribution is 2.49. The van der Waals surface area contributed by atoms with E-state index in [1.807, 2.05) is 13.8 Å². The van der Waals surface area contributed by atoms with Crippen LogP contribution in [0.1, 0.15) is 48.5 Å². The summed E-state index contributed by atoms with van der Waals surface area (Å²) in [7, 11) is 0. The molecule has 0 amide bonds. The van der Waals surface area contributed by atoms with E-state index in [4.69, 9.17) is 20.8 Å². The molecule has 0 unspecified atom stereocenters. The molecule has 1 aromatic heterocycles. The van der Waals surface area contributed by atoms with Crippen LogP contribution >= 0.6 is 43.5 Å². The molecule has 5 nitrogen and oxygen atoms in total. The van der Waals surface area contributed by atoms with Gasteiger partial charge in [-0.2, -0.15) is 0 Å². The molecule has 2 aliphatic rings. The molecule has 0 saturated heterocycles. The number of hydrogen-bond donors (Lipinski definition) is 0. The van der Waals surface area contributed by atoms with Crippen molar-refractivity contribution in [3.8, 4) is 0 Å². The number of fused-ring (bicyclic) bond motifs is 1. The van der Waals surface area contributed by atoms with E-state index in [1.165, 1.54) is 6.07 Å². The number of Topliss-reactive ketones (excluding diaryl/α,β-unsaturated/α-hetero) is 2. The van der Waals surface area contributed by atoms with E-state index in [-0.39, 0.29) is 16.8 Å². The first kappa shape index (κ1) is 23.5. The Hall–Kier alpha value is -2.22. The molecule has 34 heavy (non-hydrogen) atoms. The summed E-state index contributed by atoms with van der Waals surface area (Å²) >= 11 is 12.9. The Bertz CT molecular complexity index is 1450. The third-order valence-corrected chi connectivity index (χ3v) is 7.57. The van der Waals surface area contributed by atoms with Crippen LogP contribution in [0.15, 0.2) is 72.0 Å². The highest BCUT2D eigenvalue weighted by molar-refractivity contribution is 9.11. The summed E-state index contributed by atoms with van der Waals surface area (Å²) in [6.07, 6.45) is -0.158. The molecule has 2 aromatic carbocycles. The third kappa shape index (κ3) is 4.08. The van der Waals surface area contributed by atoms with Gasteiger partial charge < -0.3 is 9.15 Å². The Morgan fingerprint density at radius 3 is 2.47 bits per heavy atom. The third-order valence-electron chi connectivity index (χ3n) is 6.27. The second kappa shape index (κ2) is 8.47. The predicted octanol–water partition coefficient (Wildman–Crippen LogP) is 6.98. The molecule has 0 spiro atoms. The first-order valence-corrected chi connectivity index (χ1v) is 12.7. The van der Waals surface area contributed by atoms with Crippen LogP contribution in [0.2, 0.25) is 5.02 Å². The quantitative estimate of drug-likeness (QED) is 0.238. The van der Waals surface area contributed by atoms with Crippen LogP contribution < -0.4 is 5.63 Å². The lowest BCUT2D eigenvalue weighted by Gasteiger charge is -2.29. The average molecular weight is 607 g/mol. The zero-order valence-electron chi connectivity index (χ0n) is 18.3. The number of rotatable bonds is 3. The fourth-order valence-corrected chi connectivity index (χ4v) is 6.27. The molecule has 2 atom stereocenters. The van der Waals surface area contributed by atoms with Crippen molar-refractivity contribution in [2.75, 3.05) is 0 Å². The number of benzene rings is 2. The molecule has 0 saturated carbocycles. The fourth-order valence-electron chi connectivity index (χ4n) is 4.80. The molecule has 1 aliphatic heterocycles. The van der Waals surface area contributed by atoms with Crippen molar-refractivity contribution in [2.45, 2.75) is 38.7 Å². The number of allylic oxidation sites excluding steroid dienone is 1. The molecule has 5 rings (SSSR count). The fraction of sp³-hybridized carbons (Fsp3) is 0.269. The SMILES string of the molecule is CC1(C)CC(=O)C2=C(C1)O[C@H](C(=O)c1cc3cc(Br)cc(Br)c3oc1=O)[C@H]2c1ccc(Cl)cc1. The number of halogens is 3. The second-order valence-electron chi connectivity index (χ2n) is 9.46. The summed E-state index contributed by atoms with van der Waals surface area (Å²) in [6.45, 7) is 4.00. The summed E-state index contributed by atoms with van der Waals surface area (Å²) in [4.78, 5) is 39.8. The summed E-state index contributed by atoms with van der Waals surface area (Å²) < 4.78 is 13.0. The van der Waals surface area contributed by atoms with Crippen LogP contribution in [0, 0.1) is 5.41 Å². The highest BCUT2D eigenvalue weighted by atomic mass is 79.9. The molecule has 3 aromatic rings.